The highest BCUT2D eigenvalue weighted by atomic mass is 16.5. The van der Waals surface area contributed by atoms with Gasteiger partial charge in [-0.3, -0.25) is 4.90 Å². The molecule has 3 rings (SSSR count). The zero-order valence-corrected chi connectivity index (χ0v) is 14.9. The maximum absolute atomic E-state index is 10.3. The molecule has 3 unspecified atom stereocenters. The highest BCUT2D eigenvalue weighted by molar-refractivity contribution is 5.28. The summed E-state index contributed by atoms with van der Waals surface area (Å²) in [5.41, 5.74) is 2.47. The van der Waals surface area contributed by atoms with E-state index in [1.807, 2.05) is 24.3 Å². The van der Waals surface area contributed by atoms with Gasteiger partial charge in [-0.25, -0.2) is 0 Å². The number of rotatable bonds is 7. The Morgan fingerprint density at radius 2 is 2.12 bits per heavy atom. The highest BCUT2D eigenvalue weighted by Gasteiger charge is 2.29. The van der Waals surface area contributed by atoms with Gasteiger partial charge in [-0.1, -0.05) is 24.3 Å². The van der Waals surface area contributed by atoms with E-state index in [2.05, 4.69) is 30.9 Å². The molecule has 1 N–H and O–H groups in total. The van der Waals surface area contributed by atoms with Crippen molar-refractivity contribution in [3.63, 3.8) is 0 Å². The standard InChI is InChI=1S/C20H27NO4/c1-15-6-3-4-8-19(15)20-11-21(16(2)12-25-20)10-17(22)13-23-14-18-7-5-9-24-18/h3-9,16-17,20,22H,10-14H2,1-2H3. The number of β-amino-alcohol motifs (C(OH)–C–C–N with tert-alkyl or cyclic N) is 1. The number of hydrogen-bond acceptors (Lipinski definition) is 5. The van der Waals surface area contributed by atoms with Crippen LogP contribution in [0.2, 0.25) is 0 Å². The third kappa shape index (κ3) is 4.92. The lowest BCUT2D eigenvalue weighted by Crippen LogP contribution is -2.48. The molecule has 0 aliphatic carbocycles. The Morgan fingerprint density at radius 3 is 2.88 bits per heavy atom. The lowest BCUT2D eigenvalue weighted by atomic mass is 10.0. The molecule has 0 radical (unpaired) electrons. The third-order valence-corrected chi connectivity index (χ3v) is 4.68. The van der Waals surface area contributed by atoms with Crippen LogP contribution in [0.1, 0.15) is 29.9 Å². The van der Waals surface area contributed by atoms with Gasteiger partial charge in [0.25, 0.3) is 0 Å². The monoisotopic (exact) mass is 345 g/mol. The summed E-state index contributed by atoms with van der Waals surface area (Å²) >= 11 is 0. The van der Waals surface area contributed by atoms with Crippen LogP contribution in [0.3, 0.4) is 0 Å². The van der Waals surface area contributed by atoms with Crippen LogP contribution in [0.15, 0.2) is 47.1 Å². The molecule has 1 saturated heterocycles. The fraction of sp³-hybridized carbons (Fsp3) is 0.500. The molecule has 2 heterocycles. The van der Waals surface area contributed by atoms with E-state index >= 15 is 0 Å². The normalized spacial score (nSPS) is 22.8. The SMILES string of the molecule is Cc1ccccc1C1CN(CC(O)COCc2ccco2)C(C)CO1. The van der Waals surface area contributed by atoms with E-state index in [9.17, 15) is 5.11 Å². The van der Waals surface area contributed by atoms with Gasteiger partial charge >= 0.3 is 0 Å². The lowest BCUT2D eigenvalue weighted by Gasteiger charge is -2.39. The molecular formula is C20H27NO4. The van der Waals surface area contributed by atoms with E-state index in [0.717, 1.165) is 12.3 Å². The van der Waals surface area contributed by atoms with Gasteiger partial charge in [-0.15, -0.1) is 0 Å². The van der Waals surface area contributed by atoms with E-state index < -0.39 is 6.10 Å². The zero-order valence-electron chi connectivity index (χ0n) is 14.9. The van der Waals surface area contributed by atoms with Gasteiger partial charge in [-0.05, 0) is 37.1 Å². The number of aryl methyl sites for hydroxylation is 1. The number of aliphatic hydroxyl groups excluding tert-OH is 1. The minimum absolute atomic E-state index is 0.0497. The van der Waals surface area contributed by atoms with Crippen molar-refractivity contribution in [2.75, 3.05) is 26.3 Å². The van der Waals surface area contributed by atoms with Gasteiger partial charge in [0.15, 0.2) is 0 Å². The highest BCUT2D eigenvalue weighted by Crippen LogP contribution is 2.27. The van der Waals surface area contributed by atoms with Gasteiger partial charge in [0, 0.05) is 19.1 Å². The predicted molar refractivity (Wildman–Crippen MR) is 95.3 cm³/mol. The summed E-state index contributed by atoms with van der Waals surface area (Å²) in [5, 5.41) is 10.3. The van der Waals surface area contributed by atoms with E-state index in [4.69, 9.17) is 13.9 Å². The summed E-state index contributed by atoms with van der Waals surface area (Å²) in [6.45, 7) is 6.93. The molecule has 1 aromatic carbocycles. The summed E-state index contributed by atoms with van der Waals surface area (Å²) in [6.07, 6.45) is 1.14. The fourth-order valence-corrected chi connectivity index (χ4v) is 3.21. The van der Waals surface area contributed by atoms with Gasteiger partial charge < -0.3 is 19.0 Å². The summed E-state index contributed by atoms with van der Waals surface area (Å²) in [7, 11) is 0. The maximum Gasteiger partial charge on any atom is 0.129 e. The van der Waals surface area contributed by atoms with Gasteiger partial charge in [0.1, 0.15) is 12.4 Å². The Labute approximate surface area is 149 Å². The van der Waals surface area contributed by atoms with Crippen LogP contribution >= 0.6 is 0 Å². The first kappa shape index (κ1) is 18.1. The fourth-order valence-electron chi connectivity index (χ4n) is 3.21. The third-order valence-electron chi connectivity index (χ3n) is 4.68. The summed E-state index contributed by atoms with van der Waals surface area (Å²) < 4.78 is 16.8. The smallest absolute Gasteiger partial charge is 0.129 e. The van der Waals surface area contributed by atoms with Crippen LogP contribution in [-0.4, -0.2) is 48.5 Å². The Hall–Kier alpha value is -1.66. The molecule has 0 amide bonds. The number of aliphatic hydroxyl groups is 1. The second-order valence-electron chi connectivity index (χ2n) is 6.73. The minimum Gasteiger partial charge on any atom is -0.467 e. The Kier molecular flexibility index (Phi) is 6.26. The molecule has 1 aromatic heterocycles. The largest absolute Gasteiger partial charge is 0.467 e. The van der Waals surface area contributed by atoms with Crippen molar-refractivity contribution in [2.24, 2.45) is 0 Å². The Morgan fingerprint density at radius 1 is 1.28 bits per heavy atom. The second-order valence-corrected chi connectivity index (χ2v) is 6.73. The predicted octanol–water partition coefficient (Wildman–Crippen LogP) is 2.93. The van der Waals surface area contributed by atoms with Crippen LogP contribution in [0.5, 0.6) is 0 Å². The molecule has 5 nitrogen and oxygen atoms in total. The van der Waals surface area contributed by atoms with E-state index in [1.54, 1.807) is 6.26 Å². The van der Waals surface area contributed by atoms with Crippen LogP contribution in [0.4, 0.5) is 0 Å². The first-order valence-electron chi connectivity index (χ1n) is 8.83. The van der Waals surface area contributed by atoms with Gasteiger partial charge in [0.2, 0.25) is 0 Å². The van der Waals surface area contributed by atoms with Crippen molar-refractivity contribution in [1.29, 1.82) is 0 Å². The molecule has 3 atom stereocenters. The molecule has 0 saturated carbocycles. The molecule has 1 aliphatic rings. The maximum atomic E-state index is 10.3. The van der Waals surface area contributed by atoms with Crippen molar-refractivity contribution in [1.82, 2.24) is 4.90 Å². The van der Waals surface area contributed by atoms with Crippen molar-refractivity contribution in [2.45, 2.75) is 38.7 Å². The van der Waals surface area contributed by atoms with Gasteiger partial charge in [0.05, 0.1) is 31.7 Å². The first-order valence-corrected chi connectivity index (χ1v) is 8.83. The molecule has 0 bridgehead atoms. The lowest BCUT2D eigenvalue weighted by molar-refractivity contribution is -0.0800. The number of hydrogen-bond donors (Lipinski definition) is 1. The van der Waals surface area contributed by atoms with Crippen LogP contribution in [-0.2, 0) is 16.1 Å². The Bertz CT molecular complexity index is 643. The van der Waals surface area contributed by atoms with E-state index in [-0.39, 0.29) is 12.1 Å². The second kappa shape index (κ2) is 8.63. The zero-order chi connectivity index (χ0) is 17.6. The average molecular weight is 345 g/mol. The molecule has 136 valence electrons. The molecule has 1 aliphatic heterocycles. The first-order chi connectivity index (χ1) is 12.1. The molecule has 5 heteroatoms. The summed E-state index contributed by atoms with van der Waals surface area (Å²) in [6, 6.07) is 12.3. The Balaban J connectivity index is 1.50. The summed E-state index contributed by atoms with van der Waals surface area (Å²) in [5.74, 6) is 0.770. The molecule has 2 aromatic rings. The van der Waals surface area contributed by atoms with Crippen LogP contribution in [0, 0.1) is 6.92 Å². The van der Waals surface area contributed by atoms with E-state index in [1.165, 1.54) is 11.1 Å². The topological polar surface area (TPSA) is 55.1 Å². The van der Waals surface area contributed by atoms with Crippen molar-refractivity contribution in [3.05, 3.63) is 59.5 Å². The average Bonchev–Trinajstić information content (AvgIpc) is 3.11. The number of benzene rings is 1. The molecule has 25 heavy (non-hydrogen) atoms. The van der Waals surface area contributed by atoms with Crippen LogP contribution in [0.25, 0.3) is 0 Å². The molecule has 1 fully saturated rings. The van der Waals surface area contributed by atoms with Crippen molar-refractivity contribution < 1.29 is 19.0 Å². The molecule has 0 spiro atoms. The number of morpholine rings is 1. The number of ether oxygens (including phenoxy) is 2. The minimum atomic E-state index is -0.534. The number of furan rings is 1. The van der Waals surface area contributed by atoms with Gasteiger partial charge in [-0.2, -0.15) is 0 Å². The summed E-state index contributed by atoms with van der Waals surface area (Å²) in [4.78, 5) is 2.28. The molecular weight excluding hydrogens is 318 g/mol. The van der Waals surface area contributed by atoms with E-state index in [0.29, 0.717) is 26.4 Å². The quantitative estimate of drug-likeness (QED) is 0.836. The van der Waals surface area contributed by atoms with Crippen molar-refractivity contribution >= 4 is 0 Å². The van der Waals surface area contributed by atoms with Crippen LogP contribution < -0.4 is 0 Å². The number of nitrogens with zero attached hydrogens (tertiary/aromatic N) is 1. The van der Waals surface area contributed by atoms with Crippen molar-refractivity contribution in [3.8, 4) is 0 Å².